The molecule has 0 amide bonds. The van der Waals surface area contributed by atoms with Gasteiger partial charge in [0.15, 0.2) is 0 Å². The Morgan fingerprint density at radius 3 is 2.71 bits per heavy atom. The van der Waals surface area contributed by atoms with Crippen LogP contribution in [0.1, 0.15) is 19.8 Å². The van der Waals surface area contributed by atoms with Gasteiger partial charge in [-0.3, -0.25) is 0 Å². The first-order valence-corrected chi connectivity index (χ1v) is 2.82. The van der Waals surface area contributed by atoms with Crippen molar-refractivity contribution in [2.24, 2.45) is 0 Å². The summed E-state index contributed by atoms with van der Waals surface area (Å²) in [6, 6.07) is 0. The molecule has 0 unspecified atom stereocenters. The van der Waals surface area contributed by atoms with E-state index in [1.54, 1.807) is 0 Å². The van der Waals surface area contributed by atoms with Gasteiger partial charge in [0.05, 0.1) is 7.85 Å². The van der Waals surface area contributed by atoms with Crippen LogP contribution < -0.4 is 5.32 Å². The molecule has 0 aliphatic carbocycles. The third-order valence-electron chi connectivity index (χ3n) is 0.851. The molecule has 0 aromatic rings. The van der Waals surface area contributed by atoms with Crippen molar-refractivity contribution in [3.8, 4) is 0 Å². The lowest BCUT2D eigenvalue weighted by Crippen LogP contribution is -2.15. The SMILES string of the molecule is [B]CNCCCC. The maximum Gasteiger partial charge on any atom is 0.0859 e. The van der Waals surface area contributed by atoms with Gasteiger partial charge in [-0.25, -0.2) is 0 Å². The van der Waals surface area contributed by atoms with Crippen molar-refractivity contribution in [3.63, 3.8) is 0 Å². The van der Waals surface area contributed by atoms with Gasteiger partial charge >= 0.3 is 0 Å². The molecule has 0 bridgehead atoms. The minimum Gasteiger partial charge on any atom is -0.325 e. The largest absolute Gasteiger partial charge is 0.325 e. The number of hydrogen-bond acceptors (Lipinski definition) is 1. The molecule has 0 rings (SSSR count). The van der Waals surface area contributed by atoms with Gasteiger partial charge in [-0.1, -0.05) is 13.3 Å². The van der Waals surface area contributed by atoms with Crippen LogP contribution in [0.15, 0.2) is 0 Å². The van der Waals surface area contributed by atoms with Gasteiger partial charge in [0.2, 0.25) is 0 Å². The lowest BCUT2D eigenvalue weighted by molar-refractivity contribution is 0.697. The molecule has 1 nitrogen and oxygen atoms in total. The first kappa shape index (κ1) is 7.02. The van der Waals surface area contributed by atoms with Crippen molar-refractivity contribution in [1.82, 2.24) is 5.32 Å². The fraction of sp³-hybridized carbons (Fsp3) is 1.00. The number of hydrogen-bond donors (Lipinski definition) is 1. The second-order valence-electron chi connectivity index (χ2n) is 1.56. The van der Waals surface area contributed by atoms with Gasteiger partial charge in [-0.05, 0) is 19.4 Å². The van der Waals surface area contributed by atoms with E-state index in [-0.39, 0.29) is 0 Å². The highest BCUT2D eigenvalue weighted by Gasteiger charge is 1.77. The Kier molecular flexibility index (Phi) is 6.05. The maximum atomic E-state index is 5.16. The predicted octanol–water partition coefficient (Wildman–Crippen LogP) is 0.502. The molecule has 0 heterocycles. The van der Waals surface area contributed by atoms with Crippen LogP contribution in [0.4, 0.5) is 0 Å². The molecule has 0 fully saturated rings. The first-order chi connectivity index (χ1) is 3.41. The highest BCUT2D eigenvalue weighted by Crippen LogP contribution is 1.79. The highest BCUT2D eigenvalue weighted by atomic mass is 14.8. The standard InChI is InChI=1S/C5H12BN/c1-2-3-4-7-5-6/h7H,2-5H2,1H3. The van der Waals surface area contributed by atoms with Crippen molar-refractivity contribution >= 4 is 7.85 Å². The topological polar surface area (TPSA) is 12.0 Å². The van der Waals surface area contributed by atoms with Gasteiger partial charge in [0, 0.05) is 0 Å². The lowest BCUT2D eigenvalue weighted by atomic mass is 10.1. The Morgan fingerprint density at radius 1 is 1.57 bits per heavy atom. The van der Waals surface area contributed by atoms with E-state index in [9.17, 15) is 0 Å². The second kappa shape index (κ2) is 6.02. The molecular formula is C5H12BN. The Hall–Kier alpha value is 0.0249. The monoisotopic (exact) mass is 97.1 g/mol. The Bertz CT molecular complexity index is 27.3. The molecule has 0 aromatic carbocycles. The fourth-order valence-corrected chi connectivity index (χ4v) is 0.404. The van der Waals surface area contributed by atoms with Crippen LogP contribution in [-0.2, 0) is 0 Å². The van der Waals surface area contributed by atoms with Crippen LogP contribution in [0.3, 0.4) is 0 Å². The van der Waals surface area contributed by atoms with E-state index in [2.05, 4.69) is 12.2 Å². The van der Waals surface area contributed by atoms with Crippen molar-refractivity contribution < 1.29 is 0 Å². The Morgan fingerprint density at radius 2 is 2.29 bits per heavy atom. The molecule has 0 aliphatic heterocycles. The maximum absolute atomic E-state index is 5.16. The quantitative estimate of drug-likeness (QED) is 0.398. The molecular weight excluding hydrogens is 84.9 g/mol. The third kappa shape index (κ3) is 6.02. The molecule has 0 saturated carbocycles. The van der Waals surface area contributed by atoms with Gasteiger partial charge in [-0.15, -0.1) is 0 Å². The van der Waals surface area contributed by atoms with Crippen LogP contribution in [0.2, 0.25) is 0 Å². The average Bonchev–Trinajstić information content (AvgIpc) is 1.69. The molecule has 0 aromatic heterocycles. The van der Waals surface area contributed by atoms with Gasteiger partial charge < -0.3 is 5.32 Å². The molecule has 0 atom stereocenters. The van der Waals surface area contributed by atoms with Crippen LogP contribution in [0, 0.1) is 0 Å². The Balaban J connectivity index is 2.45. The fourth-order valence-electron chi connectivity index (χ4n) is 0.404. The van der Waals surface area contributed by atoms with Crippen molar-refractivity contribution in [3.05, 3.63) is 0 Å². The van der Waals surface area contributed by atoms with Gasteiger partial charge in [0.25, 0.3) is 0 Å². The summed E-state index contributed by atoms with van der Waals surface area (Å²) < 4.78 is 0. The normalized spacial score (nSPS) is 9.29. The van der Waals surface area contributed by atoms with Crippen LogP contribution in [-0.4, -0.2) is 20.8 Å². The molecule has 0 saturated heterocycles. The van der Waals surface area contributed by atoms with Crippen molar-refractivity contribution in [1.29, 1.82) is 0 Å². The highest BCUT2D eigenvalue weighted by molar-refractivity contribution is 6.08. The smallest absolute Gasteiger partial charge is 0.0859 e. The first-order valence-electron chi connectivity index (χ1n) is 2.82. The zero-order chi connectivity index (χ0) is 5.54. The van der Waals surface area contributed by atoms with Crippen LogP contribution in [0.25, 0.3) is 0 Å². The molecule has 2 heteroatoms. The molecule has 0 spiro atoms. The van der Waals surface area contributed by atoms with Crippen molar-refractivity contribution in [2.75, 3.05) is 13.0 Å². The zero-order valence-corrected chi connectivity index (χ0v) is 4.91. The molecule has 7 heavy (non-hydrogen) atoms. The van der Waals surface area contributed by atoms with E-state index in [0.29, 0.717) is 6.44 Å². The van der Waals surface area contributed by atoms with Gasteiger partial charge in [-0.2, -0.15) is 0 Å². The summed E-state index contributed by atoms with van der Waals surface area (Å²) in [5.41, 5.74) is 0. The lowest BCUT2D eigenvalue weighted by Gasteiger charge is -1.95. The van der Waals surface area contributed by atoms with Crippen molar-refractivity contribution in [2.45, 2.75) is 19.8 Å². The van der Waals surface area contributed by atoms with E-state index in [4.69, 9.17) is 7.85 Å². The number of nitrogens with one attached hydrogen (secondary N) is 1. The molecule has 40 valence electrons. The summed E-state index contributed by atoms with van der Waals surface area (Å²) in [5.74, 6) is 0. The summed E-state index contributed by atoms with van der Waals surface area (Å²) in [6.45, 7) is 3.23. The summed E-state index contributed by atoms with van der Waals surface area (Å²) in [6.07, 6.45) is 3.09. The summed E-state index contributed by atoms with van der Waals surface area (Å²) in [4.78, 5) is 0. The van der Waals surface area contributed by atoms with Gasteiger partial charge in [0.1, 0.15) is 0 Å². The van der Waals surface area contributed by atoms with Crippen LogP contribution in [0.5, 0.6) is 0 Å². The van der Waals surface area contributed by atoms with E-state index < -0.39 is 0 Å². The predicted molar refractivity (Wildman–Crippen MR) is 33.5 cm³/mol. The minimum atomic E-state index is 0.611. The summed E-state index contributed by atoms with van der Waals surface area (Å²) in [5, 5.41) is 3.03. The summed E-state index contributed by atoms with van der Waals surface area (Å²) >= 11 is 0. The molecule has 2 radical (unpaired) electrons. The summed E-state index contributed by atoms with van der Waals surface area (Å²) in [7, 11) is 5.16. The van der Waals surface area contributed by atoms with E-state index in [0.717, 1.165) is 6.54 Å². The van der Waals surface area contributed by atoms with E-state index >= 15 is 0 Å². The zero-order valence-electron chi connectivity index (χ0n) is 4.91. The molecule has 0 aliphatic rings. The number of rotatable bonds is 4. The Labute approximate surface area is 46.9 Å². The van der Waals surface area contributed by atoms with E-state index in [1.807, 2.05) is 0 Å². The average molecular weight is 97.0 g/mol. The molecule has 1 N–H and O–H groups in total. The van der Waals surface area contributed by atoms with E-state index in [1.165, 1.54) is 12.8 Å². The number of unbranched alkanes of at least 4 members (excludes halogenated alkanes) is 1. The minimum absolute atomic E-state index is 0.611. The van der Waals surface area contributed by atoms with Crippen LogP contribution >= 0.6 is 0 Å². The second-order valence-corrected chi connectivity index (χ2v) is 1.56. The third-order valence-corrected chi connectivity index (χ3v) is 0.851.